The molecule has 1 atom stereocenters. The molecule has 1 aliphatic carbocycles. The lowest BCUT2D eigenvalue weighted by molar-refractivity contribution is -0.119. The largest absolute Gasteiger partial charge is 0.442 e. The van der Waals surface area contributed by atoms with Crippen LogP contribution in [-0.4, -0.2) is 46.5 Å². The lowest BCUT2D eigenvalue weighted by Crippen LogP contribution is -2.33. The summed E-state index contributed by atoms with van der Waals surface area (Å²) < 4.78 is 25.9. The Hall–Kier alpha value is -3.69. The number of carbonyl (C=O) groups is 2. The number of cyclic esters (lactones) is 1. The Labute approximate surface area is 176 Å². The van der Waals surface area contributed by atoms with Crippen molar-refractivity contribution in [3.8, 4) is 22.7 Å². The molecule has 0 saturated carbocycles. The van der Waals surface area contributed by atoms with Crippen LogP contribution < -0.4 is 10.2 Å². The van der Waals surface area contributed by atoms with Gasteiger partial charge in [-0.05, 0) is 37.0 Å². The molecule has 0 radical (unpaired) electrons. The van der Waals surface area contributed by atoms with Crippen LogP contribution in [0.15, 0.2) is 28.9 Å². The van der Waals surface area contributed by atoms with E-state index in [9.17, 15) is 9.59 Å². The fourth-order valence-corrected chi connectivity index (χ4v) is 4.18. The Morgan fingerprint density at radius 1 is 1.39 bits per heavy atom. The van der Waals surface area contributed by atoms with Crippen molar-refractivity contribution in [2.75, 3.05) is 18.0 Å². The summed E-state index contributed by atoms with van der Waals surface area (Å²) in [6.45, 7) is 1.85. The molecule has 3 heterocycles. The summed E-state index contributed by atoms with van der Waals surface area (Å²) >= 11 is 0. The predicted octanol–water partition coefficient (Wildman–Crippen LogP) is 2.82. The third-order valence-corrected chi connectivity index (χ3v) is 5.58. The Balaban J connectivity index is 1.48. The van der Waals surface area contributed by atoms with Crippen LogP contribution in [0.25, 0.3) is 22.7 Å². The summed E-state index contributed by atoms with van der Waals surface area (Å²) in [7, 11) is 0. The van der Waals surface area contributed by atoms with Crippen molar-refractivity contribution in [2.45, 2.75) is 32.3 Å². The first-order chi connectivity index (χ1) is 15.0. The number of halogens is 1. The number of nitrogens with one attached hydrogen (secondary N) is 2. The van der Waals surface area contributed by atoms with Crippen molar-refractivity contribution in [3.63, 3.8) is 0 Å². The van der Waals surface area contributed by atoms with Gasteiger partial charge in [0.25, 0.3) is 0 Å². The molecular weight excluding hydrogens is 405 g/mol. The molecule has 5 rings (SSSR count). The van der Waals surface area contributed by atoms with Gasteiger partial charge in [0.15, 0.2) is 5.76 Å². The average molecular weight is 425 g/mol. The van der Waals surface area contributed by atoms with E-state index in [0.717, 1.165) is 17.5 Å². The van der Waals surface area contributed by atoms with Crippen molar-refractivity contribution in [1.29, 1.82) is 0 Å². The standard InChI is InChI=1S/C21H20FN5O4/c1-11(28)23-9-14-10-27(21(29)30-14)13-7-12-3-2-4-15-19(17-5-6-24-31-17)25-26-20(15)18(12)16(22)8-13/h5-8,14H,2-4,9-10H2,1H3,(H,23,28)(H,25,26). The summed E-state index contributed by atoms with van der Waals surface area (Å²) in [6.07, 6.45) is 2.64. The van der Waals surface area contributed by atoms with Crippen molar-refractivity contribution in [1.82, 2.24) is 20.7 Å². The quantitative estimate of drug-likeness (QED) is 0.665. The van der Waals surface area contributed by atoms with Gasteiger partial charge in [-0.3, -0.25) is 14.8 Å². The molecule has 2 aromatic heterocycles. The molecular formula is C21H20FN5O4. The molecule has 1 aliphatic heterocycles. The maximum atomic E-state index is 15.3. The van der Waals surface area contributed by atoms with E-state index < -0.39 is 18.0 Å². The Morgan fingerprint density at radius 2 is 2.26 bits per heavy atom. The van der Waals surface area contributed by atoms with Crippen LogP contribution in [0.5, 0.6) is 0 Å². The number of amides is 2. The Kier molecular flexibility index (Phi) is 4.68. The number of H-pyrrole nitrogens is 1. The maximum absolute atomic E-state index is 15.3. The van der Waals surface area contributed by atoms with Crippen LogP contribution in [0.1, 0.15) is 24.5 Å². The van der Waals surface area contributed by atoms with E-state index in [2.05, 4.69) is 20.7 Å². The molecule has 31 heavy (non-hydrogen) atoms. The number of fused-ring (bicyclic) bond motifs is 3. The molecule has 2 N–H and O–H groups in total. The summed E-state index contributed by atoms with van der Waals surface area (Å²) in [5.41, 5.74) is 3.78. The van der Waals surface area contributed by atoms with E-state index in [1.54, 1.807) is 12.3 Å². The first-order valence-corrected chi connectivity index (χ1v) is 10.0. The van der Waals surface area contributed by atoms with Crippen molar-refractivity contribution in [2.24, 2.45) is 0 Å². The summed E-state index contributed by atoms with van der Waals surface area (Å²) in [6, 6.07) is 4.88. The minimum atomic E-state index is -0.559. The van der Waals surface area contributed by atoms with Crippen LogP contribution >= 0.6 is 0 Å². The molecule has 1 aromatic carbocycles. The molecule has 0 bridgehead atoms. The second kappa shape index (κ2) is 7.53. The highest BCUT2D eigenvalue weighted by Crippen LogP contribution is 2.39. The molecule has 9 nitrogen and oxygen atoms in total. The van der Waals surface area contributed by atoms with Crippen molar-refractivity contribution >= 4 is 17.7 Å². The van der Waals surface area contributed by atoms with E-state index in [1.165, 1.54) is 17.9 Å². The molecule has 2 amide bonds. The number of hydrogen-bond donors (Lipinski definition) is 2. The maximum Gasteiger partial charge on any atom is 0.414 e. The number of aryl methyl sites for hydroxylation is 1. The minimum Gasteiger partial charge on any atom is -0.442 e. The molecule has 0 spiro atoms. The number of carbonyl (C=O) groups excluding carboxylic acids is 2. The monoisotopic (exact) mass is 425 g/mol. The highest BCUT2D eigenvalue weighted by Gasteiger charge is 2.34. The van der Waals surface area contributed by atoms with Gasteiger partial charge >= 0.3 is 6.09 Å². The lowest BCUT2D eigenvalue weighted by atomic mass is 9.99. The first-order valence-electron chi connectivity index (χ1n) is 10.0. The number of benzene rings is 1. The van der Waals surface area contributed by atoms with Gasteiger partial charge in [-0.15, -0.1) is 0 Å². The topological polar surface area (TPSA) is 113 Å². The van der Waals surface area contributed by atoms with E-state index in [0.29, 0.717) is 41.2 Å². The van der Waals surface area contributed by atoms with Gasteiger partial charge in [0.2, 0.25) is 5.91 Å². The lowest BCUT2D eigenvalue weighted by Gasteiger charge is -2.17. The van der Waals surface area contributed by atoms with Gasteiger partial charge in [-0.25, -0.2) is 9.18 Å². The van der Waals surface area contributed by atoms with Gasteiger partial charge in [-0.1, -0.05) is 5.16 Å². The van der Waals surface area contributed by atoms with E-state index in [-0.39, 0.29) is 19.0 Å². The number of nitrogens with zero attached hydrogens (tertiary/aromatic N) is 3. The molecule has 3 aromatic rings. The zero-order valence-electron chi connectivity index (χ0n) is 16.8. The van der Waals surface area contributed by atoms with E-state index in [4.69, 9.17) is 9.26 Å². The molecule has 10 heteroatoms. The Morgan fingerprint density at radius 3 is 3.03 bits per heavy atom. The Bertz CT molecular complexity index is 1160. The highest BCUT2D eigenvalue weighted by atomic mass is 19.1. The van der Waals surface area contributed by atoms with E-state index in [1.807, 2.05) is 6.07 Å². The van der Waals surface area contributed by atoms with Gasteiger partial charge in [-0.2, -0.15) is 5.10 Å². The molecule has 2 aliphatic rings. The fraction of sp³-hybridized carbons (Fsp3) is 0.333. The van der Waals surface area contributed by atoms with Crippen molar-refractivity contribution < 1.29 is 23.2 Å². The zero-order valence-corrected chi connectivity index (χ0v) is 16.8. The second-order valence-corrected chi connectivity index (χ2v) is 7.67. The SMILES string of the molecule is CC(=O)NCC1CN(c2cc(F)c3c(c2)CCCc2c-3n[nH]c2-c2ccno2)C(=O)O1. The smallest absolute Gasteiger partial charge is 0.414 e. The number of anilines is 1. The van der Waals surface area contributed by atoms with Crippen LogP contribution in [0.3, 0.4) is 0 Å². The number of aromatic nitrogens is 3. The number of ether oxygens (including phenoxy) is 1. The van der Waals surface area contributed by atoms with Crippen LogP contribution in [0.2, 0.25) is 0 Å². The number of aromatic amines is 1. The third-order valence-electron chi connectivity index (χ3n) is 5.58. The fourth-order valence-electron chi connectivity index (χ4n) is 4.18. The average Bonchev–Trinajstić information content (AvgIpc) is 3.44. The summed E-state index contributed by atoms with van der Waals surface area (Å²) in [5, 5.41) is 13.7. The molecule has 1 fully saturated rings. The highest BCUT2D eigenvalue weighted by molar-refractivity contribution is 5.91. The third kappa shape index (κ3) is 3.43. The van der Waals surface area contributed by atoms with Crippen molar-refractivity contribution in [3.05, 3.63) is 41.3 Å². The summed E-state index contributed by atoms with van der Waals surface area (Å²) in [5.74, 6) is -0.103. The minimum absolute atomic E-state index is 0.204. The molecule has 160 valence electrons. The van der Waals surface area contributed by atoms with Gasteiger partial charge in [0.05, 0.1) is 30.7 Å². The molecule has 1 unspecified atom stereocenters. The van der Waals surface area contributed by atoms with Gasteiger partial charge < -0.3 is 14.6 Å². The zero-order chi connectivity index (χ0) is 21.5. The van der Waals surface area contributed by atoms with Crippen LogP contribution in [-0.2, 0) is 22.4 Å². The predicted molar refractivity (Wildman–Crippen MR) is 108 cm³/mol. The number of hydrogen-bond acceptors (Lipinski definition) is 6. The first kappa shape index (κ1) is 19.3. The van der Waals surface area contributed by atoms with Gasteiger partial charge in [0.1, 0.15) is 17.6 Å². The number of rotatable bonds is 4. The second-order valence-electron chi connectivity index (χ2n) is 7.67. The van der Waals surface area contributed by atoms with Gasteiger partial charge in [0, 0.05) is 24.1 Å². The van der Waals surface area contributed by atoms with Crippen LogP contribution in [0, 0.1) is 5.82 Å². The normalized spacial score (nSPS) is 17.7. The summed E-state index contributed by atoms with van der Waals surface area (Å²) in [4.78, 5) is 24.9. The van der Waals surface area contributed by atoms with E-state index >= 15 is 4.39 Å². The molecule has 1 saturated heterocycles. The van der Waals surface area contributed by atoms with Crippen LogP contribution in [0.4, 0.5) is 14.9 Å².